The lowest BCUT2D eigenvalue weighted by molar-refractivity contribution is 0.288. The molecule has 100 valence electrons. The Kier molecular flexibility index (Phi) is 4.44. The number of sulfonamides is 1. The molecule has 4 nitrogen and oxygen atoms in total. The van der Waals surface area contributed by atoms with Gasteiger partial charge in [0.2, 0.25) is 10.0 Å². The molecule has 0 atom stereocenters. The van der Waals surface area contributed by atoms with Gasteiger partial charge in [-0.1, -0.05) is 6.92 Å². The molecule has 1 heterocycles. The number of nitrogens with one attached hydrogen (secondary N) is 1. The van der Waals surface area contributed by atoms with Crippen LogP contribution in [0.25, 0.3) is 0 Å². The molecule has 0 radical (unpaired) electrons. The van der Waals surface area contributed by atoms with E-state index >= 15 is 0 Å². The van der Waals surface area contributed by atoms with Crippen molar-refractivity contribution in [2.75, 3.05) is 25.4 Å². The van der Waals surface area contributed by atoms with Gasteiger partial charge < -0.3 is 5.32 Å². The van der Waals surface area contributed by atoms with E-state index < -0.39 is 10.0 Å². The lowest BCUT2D eigenvalue weighted by Gasteiger charge is -2.31. The summed E-state index contributed by atoms with van der Waals surface area (Å²) in [7, 11) is -2.97. The molecule has 1 saturated heterocycles. The Morgan fingerprint density at radius 1 is 1.18 bits per heavy atom. The minimum absolute atomic E-state index is 0.299. The van der Waals surface area contributed by atoms with Crippen molar-refractivity contribution in [2.45, 2.75) is 45.1 Å². The molecule has 0 aromatic heterocycles. The summed E-state index contributed by atoms with van der Waals surface area (Å²) >= 11 is 0. The molecular weight excluding hydrogens is 236 g/mol. The van der Waals surface area contributed by atoms with Crippen LogP contribution in [0.15, 0.2) is 0 Å². The topological polar surface area (TPSA) is 49.4 Å². The molecule has 2 fully saturated rings. The highest BCUT2D eigenvalue weighted by Crippen LogP contribution is 2.28. The molecule has 1 aliphatic heterocycles. The highest BCUT2D eigenvalue weighted by molar-refractivity contribution is 7.89. The molecule has 1 aliphatic carbocycles. The van der Waals surface area contributed by atoms with Crippen molar-refractivity contribution >= 4 is 10.0 Å². The molecule has 2 aliphatic rings. The zero-order chi connectivity index (χ0) is 12.3. The van der Waals surface area contributed by atoms with Crippen LogP contribution in [0.2, 0.25) is 0 Å². The first kappa shape index (κ1) is 13.3. The second-order valence-corrected chi connectivity index (χ2v) is 7.43. The number of hydrogen-bond donors (Lipinski definition) is 1. The van der Waals surface area contributed by atoms with Gasteiger partial charge >= 0.3 is 0 Å². The van der Waals surface area contributed by atoms with Gasteiger partial charge in [-0.25, -0.2) is 12.7 Å². The zero-order valence-corrected chi connectivity index (χ0v) is 11.5. The molecule has 5 heteroatoms. The van der Waals surface area contributed by atoms with Crippen molar-refractivity contribution in [1.82, 2.24) is 9.62 Å². The van der Waals surface area contributed by atoms with Crippen LogP contribution in [0, 0.1) is 5.92 Å². The van der Waals surface area contributed by atoms with Gasteiger partial charge in [0.05, 0.1) is 5.75 Å². The molecule has 1 N–H and O–H groups in total. The number of rotatable bonds is 6. The van der Waals surface area contributed by atoms with Crippen LogP contribution in [-0.2, 0) is 10.0 Å². The first-order valence-corrected chi connectivity index (χ1v) is 8.44. The van der Waals surface area contributed by atoms with Crippen molar-refractivity contribution < 1.29 is 8.42 Å². The Morgan fingerprint density at radius 2 is 1.82 bits per heavy atom. The largest absolute Gasteiger partial charge is 0.314 e. The fourth-order valence-electron chi connectivity index (χ4n) is 2.38. The van der Waals surface area contributed by atoms with E-state index in [0.29, 0.717) is 31.3 Å². The van der Waals surface area contributed by atoms with Crippen LogP contribution in [0.3, 0.4) is 0 Å². The van der Waals surface area contributed by atoms with E-state index in [9.17, 15) is 8.42 Å². The van der Waals surface area contributed by atoms with Crippen LogP contribution in [0.4, 0.5) is 0 Å². The Bertz CT molecular complexity index is 330. The smallest absolute Gasteiger partial charge is 0.214 e. The molecule has 0 spiro atoms. The maximum absolute atomic E-state index is 11.9. The number of hydrogen-bond acceptors (Lipinski definition) is 3. The van der Waals surface area contributed by atoms with Gasteiger partial charge in [0.25, 0.3) is 0 Å². The maximum Gasteiger partial charge on any atom is 0.214 e. The summed E-state index contributed by atoms with van der Waals surface area (Å²) in [5, 5.41) is 3.57. The van der Waals surface area contributed by atoms with E-state index in [4.69, 9.17) is 0 Å². The lowest BCUT2D eigenvalue weighted by Crippen LogP contribution is -2.45. The second kappa shape index (κ2) is 5.67. The third-order valence-corrected chi connectivity index (χ3v) is 5.78. The number of piperidine rings is 1. The summed E-state index contributed by atoms with van der Waals surface area (Å²) in [6, 6.07) is 0.531. The molecule has 0 bridgehead atoms. The minimum Gasteiger partial charge on any atom is -0.314 e. The van der Waals surface area contributed by atoms with Crippen molar-refractivity contribution in [3.8, 4) is 0 Å². The standard InChI is InChI=1S/C12H24N2O2S/c1-2-9-17(15,16)14-7-5-12(6-8-14)13-10-11-3-4-11/h11-13H,2-10H2,1H3. The lowest BCUT2D eigenvalue weighted by atomic mass is 10.1. The summed E-state index contributed by atoms with van der Waals surface area (Å²) in [5.41, 5.74) is 0. The minimum atomic E-state index is -2.97. The van der Waals surface area contributed by atoms with Gasteiger partial charge in [-0.05, 0) is 44.6 Å². The fourth-order valence-corrected chi connectivity index (χ4v) is 3.92. The van der Waals surface area contributed by atoms with E-state index in [2.05, 4.69) is 5.32 Å². The summed E-state index contributed by atoms with van der Waals surface area (Å²) in [6.07, 6.45) is 5.39. The molecule has 2 rings (SSSR count). The second-order valence-electron chi connectivity index (χ2n) is 5.34. The summed E-state index contributed by atoms with van der Waals surface area (Å²) in [6.45, 7) is 4.45. The Morgan fingerprint density at radius 3 is 2.35 bits per heavy atom. The van der Waals surface area contributed by atoms with Crippen LogP contribution in [-0.4, -0.2) is 44.2 Å². The highest BCUT2D eigenvalue weighted by atomic mass is 32.2. The molecule has 0 unspecified atom stereocenters. The van der Waals surface area contributed by atoms with Crippen molar-refractivity contribution in [1.29, 1.82) is 0 Å². The van der Waals surface area contributed by atoms with Gasteiger partial charge in [0, 0.05) is 19.1 Å². The average molecular weight is 260 g/mol. The van der Waals surface area contributed by atoms with Crippen LogP contribution in [0.5, 0.6) is 0 Å². The normalized spacial score (nSPS) is 24.1. The zero-order valence-electron chi connectivity index (χ0n) is 10.7. The molecular formula is C12H24N2O2S. The van der Waals surface area contributed by atoms with Gasteiger partial charge in [-0.3, -0.25) is 0 Å². The first-order chi connectivity index (χ1) is 8.12. The van der Waals surface area contributed by atoms with Crippen molar-refractivity contribution in [3.05, 3.63) is 0 Å². The van der Waals surface area contributed by atoms with Crippen molar-refractivity contribution in [2.24, 2.45) is 5.92 Å². The molecule has 1 saturated carbocycles. The third kappa shape index (κ3) is 3.93. The Hall–Kier alpha value is -0.130. The van der Waals surface area contributed by atoms with Crippen LogP contribution < -0.4 is 5.32 Å². The van der Waals surface area contributed by atoms with E-state index in [-0.39, 0.29) is 0 Å². The Balaban J connectivity index is 1.72. The third-order valence-electron chi connectivity index (χ3n) is 3.70. The highest BCUT2D eigenvalue weighted by Gasteiger charge is 2.28. The van der Waals surface area contributed by atoms with Crippen molar-refractivity contribution in [3.63, 3.8) is 0 Å². The average Bonchev–Trinajstić information content (AvgIpc) is 3.11. The molecule has 0 aromatic rings. The monoisotopic (exact) mass is 260 g/mol. The SMILES string of the molecule is CCCS(=O)(=O)N1CCC(NCC2CC2)CC1. The van der Waals surface area contributed by atoms with Gasteiger partial charge in [-0.15, -0.1) is 0 Å². The van der Waals surface area contributed by atoms with E-state index in [1.165, 1.54) is 12.8 Å². The van der Waals surface area contributed by atoms with E-state index in [1.54, 1.807) is 4.31 Å². The Labute approximate surface area is 105 Å². The predicted molar refractivity (Wildman–Crippen MR) is 69.4 cm³/mol. The quantitative estimate of drug-likeness (QED) is 0.780. The summed E-state index contributed by atoms with van der Waals surface area (Å²) in [5.74, 6) is 1.20. The number of nitrogens with zero attached hydrogens (tertiary/aromatic N) is 1. The van der Waals surface area contributed by atoms with E-state index in [0.717, 1.165) is 25.3 Å². The molecule has 0 aromatic carbocycles. The van der Waals surface area contributed by atoms with E-state index in [1.807, 2.05) is 6.92 Å². The van der Waals surface area contributed by atoms with Gasteiger partial charge in [0.15, 0.2) is 0 Å². The summed E-state index contributed by atoms with van der Waals surface area (Å²) < 4.78 is 25.4. The van der Waals surface area contributed by atoms with Crippen LogP contribution in [0.1, 0.15) is 39.0 Å². The maximum atomic E-state index is 11.9. The molecule has 0 amide bonds. The van der Waals surface area contributed by atoms with Gasteiger partial charge in [-0.2, -0.15) is 0 Å². The predicted octanol–water partition coefficient (Wildman–Crippen LogP) is 1.19. The first-order valence-electron chi connectivity index (χ1n) is 6.83. The fraction of sp³-hybridized carbons (Fsp3) is 1.00. The summed E-state index contributed by atoms with van der Waals surface area (Å²) in [4.78, 5) is 0. The molecule has 17 heavy (non-hydrogen) atoms. The van der Waals surface area contributed by atoms with Crippen LogP contribution >= 0.6 is 0 Å². The van der Waals surface area contributed by atoms with Gasteiger partial charge in [0.1, 0.15) is 0 Å².